The zero-order valence-corrected chi connectivity index (χ0v) is 20.1. The number of nitrogens with one attached hydrogen (secondary N) is 1. The Morgan fingerprint density at radius 3 is 2.80 bits per heavy atom. The minimum Gasteiger partial charge on any atom is -0.319 e. The van der Waals surface area contributed by atoms with Crippen LogP contribution in [0, 0.1) is 6.92 Å². The molecular formula is C28H24N4O2S. The van der Waals surface area contributed by atoms with Gasteiger partial charge in [0.05, 0.1) is 30.5 Å². The van der Waals surface area contributed by atoms with Gasteiger partial charge in [0.2, 0.25) is 0 Å². The zero-order chi connectivity index (χ0) is 23.9. The first-order valence-corrected chi connectivity index (χ1v) is 12.5. The largest absolute Gasteiger partial charge is 0.322 e. The molecule has 1 aliphatic rings. The van der Waals surface area contributed by atoms with Crippen molar-refractivity contribution >= 4 is 44.0 Å². The first-order chi connectivity index (χ1) is 17.1. The molecule has 0 saturated carbocycles. The Balaban J connectivity index is 1.26. The summed E-state index contributed by atoms with van der Waals surface area (Å²) < 4.78 is 1.68. The summed E-state index contributed by atoms with van der Waals surface area (Å²) in [5.41, 5.74) is 4.07. The van der Waals surface area contributed by atoms with Crippen LogP contribution in [0.3, 0.4) is 0 Å². The number of benzene rings is 3. The van der Waals surface area contributed by atoms with Gasteiger partial charge in [0, 0.05) is 16.8 Å². The molecule has 6 rings (SSSR count). The minimum atomic E-state index is -0.130. The molecule has 2 aromatic heterocycles. The van der Waals surface area contributed by atoms with Crippen LogP contribution >= 0.6 is 11.3 Å². The molecule has 7 heteroatoms. The summed E-state index contributed by atoms with van der Waals surface area (Å²) in [5, 5.41) is 5.89. The molecule has 1 aliphatic heterocycles. The van der Waals surface area contributed by atoms with Crippen LogP contribution in [0.1, 0.15) is 21.6 Å². The summed E-state index contributed by atoms with van der Waals surface area (Å²) in [6.45, 7) is 3.57. The highest BCUT2D eigenvalue weighted by atomic mass is 32.1. The van der Waals surface area contributed by atoms with Gasteiger partial charge >= 0.3 is 6.03 Å². The number of carbonyl (C=O) groups excluding carboxylic acids is 1. The molecule has 0 bridgehead atoms. The summed E-state index contributed by atoms with van der Waals surface area (Å²) in [6.07, 6.45) is 2.28. The van der Waals surface area contributed by atoms with Crippen molar-refractivity contribution in [3.8, 4) is 0 Å². The molecule has 0 unspecified atom stereocenters. The van der Waals surface area contributed by atoms with Gasteiger partial charge in [-0.25, -0.2) is 9.78 Å². The fourth-order valence-corrected chi connectivity index (χ4v) is 6.03. The highest BCUT2D eigenvalue weighted by molar-refractivity contribution is 7.18. The summed E-state index contributed by atoms with van der Waals surface area (Å²) in [5.74, 6) is 0. The van der Waals surface area contributed by atoms with Crippen molar-refractivity contribution in [2.45, 2.75) is 26.4 Å². The third-order valence-electron chi connectivity index (χ3n) is 6.58. The van der Waals surface area contributed by atoms with Gasteiger partial charge in [-0.3, -0.25) is 9.36 Å². The van der Waals surface area contributed by atoms with Crippen molar-refractivity contribution in [1.29, 1.82) is 0 Å². The Labute approximate surface area is 206 Å². The van der Waals surface area contributed by atoms with Gasteiger partial charge in [-0.05, 0) is 35.9 Å². The van der Waals surface area contributed by atoms with E-state index in [0.29, 0.717) is 31.4 Å². The van der Waals surface area contributed by atoms with Gasteiger partial charge in [0.25, 0.3) is 5.56 Å². The smallest absolute Gasteiger partial charge is 0.319 e. The maximum absolute atomic E-state index is 13.4. The summed E-state index contributed by atoms with van der Waals surface area (Å²) in [7, 11) is 0. The van der Waals surface area contributed by atoms with Crippen LogP contribution in [-0.4, -0.2) is 27.0 Å². The van der Waals surface area contributed by atoms with Crippen molar-refractivity contribution in [1.82, 2.24) is 14.5 Å². The van der Waals surface area contributed by atoms with E-state index in [9.17, 15) is 9.59 Å². The molecule has 3 heterocycles. The van der Waals surface area contributed by atoms with Gasteiger partial charge in [-0.2, -0.15) is 0 Å². The Morgan fingerprint density at radius 2 is 1.91 bits per heavy atom. The number of anilines is 1. The second kappa shape index (κ2) is 8.67. The number of nitrogens with zero attached hydrogens (tertiary/aromatic N) is 3. The van der Waals surface area contributed by atoms with E-state index in [2.05, 4.69) is 16.4 Å². The second-order valence-corrected chi connectivity index (χ2v) is 10.1. The van der Waals surface area contributed by atoms with E-state index < -0.39 is 0 Å². The van der Waals surface area contributed by atoms with Crippen LogP contribution in [0.25, 0.3) is 21.0 Å². The maximum Gasteiger partial charge on any atom is 0.322 e. The fourth-order valence-electron chi connectivity index (χ4n) is 4.84. The fraction of sp³-hybridized carbons (Fsp3) is 0.179. The van der Waals surface area contributed by atoms with Crippen LogP contribution in [0.15, 0.2) is 77.9 Å². The Kier molecular flexibility index (Phi) is 5.34. The van der Waals surface area contributed by atoms with Crippen molar-refractivity contribution in [2.75, 3.05) is 11.9 Å². The van der Waals surface area contributed by atoms with Crippen LogP contribution in [-0.2, 0) is 19.5 Å². The molecule has 6 nitrogen and oxygen atoms in total. The maximum atomic E-state index is 13.4. The molecule has 0 radical (unpaired) electrons. The molecule has 0 fully saturated rings. The van der Waals surface area contributed by atoms with Crippen molar-refractivity contribution in [2.24, 2.45) is 0 Å². The number of amides is 2. The van der Waals surface area contributed by atoms with Gasteiger partial charge in [-0.1, -0.05) is 66.2 Å². The number of aryl methyl sites for hydroxylation is 1. The number of hydrogen-bond donors (Lipinski definition) is 1. The standard InChI is InChI=1S/C28H24N4O2S/c1-18-6-4-7-19(14-18)15-32-17-29-26-25(27(32)33)22-12-13-31(16-24(22)35-26)28(34)30-23-11-5-9-20-8-2-3-10-21(20)23/h2-11,14,17H,12-13,15-16H2,1H3,(H,30,34). The number of carbonyl (C=O) groups is 1. The third-order valence-corrected chi connectivity index (χ3v) is 7.71. The predicted octanol–water partition coefficient (Wildman–Crippen LogP) is 5.56. The average molecular weight is 481 g/mol. The van der Waals surface area contributed by atoms with Gasteiger partial charge in [0.15, 0.2) is 0 Å². The van der Waals surface area contributed by atoms with E-state index in [1.54, 1.807) is 10.9 Å². The van der Waals surface area contributed by atoms with Gasteiger partial charge in [-0.15, -0.1) is 11.3 Å². The number of aromatic nitrogens is 2. The Hall–Kier alpha value is -3.97. The highest BCUT2D eigenvalue weighted by Gasteiger charge is 2.26. The lowest BCUT2D eigenvalue weighted by molar-refractivity contribution is 0.207. The van der Waals surface area contributed by atoms with E-state index in [4.69, 9.17) is 0 Å². The van der Waals surface area contributed by atoms with Crippen LogP contribution in [0.2, 0.25) is 0 Å². The third kappa shape index (κ3) is 3.98. The van der Waals surface area contributed by atoms with Crippen LogP contribution in [0.4, 0.5) is 10.5 Å². The Bertz CT molecular complexity index is 1650. The van der Waals surface area contributed by atoms with E-state index in [-0.39, 0.29) is 11.6 Å². The van der Waals surface area contributed by atoms with Crippen LogP contribution < -0.4 is 10.9 Å². The SMILES string of the molecule is Cc1cccc(Cn2cnc3sc4c(c3c2=O)CCN(C(=O)Nc2cccc3ccccc23)C4)c1. The zero-order valence-electron chi connectivity index (χ0n) is 19.3. The van der Waals surface area contributed by atoms with Gasteiger partial charge < -0.3 is 10.2 Å². The predicted molar refractivity (Wildman–Crippen MR) is 141 cm³/mol. The number of fused-ring (bicyclic) bond motifs is 4. The first kappa shape index (κ1) is 21.6. The number of rotatable bonds is 3. The monoisotopic (exact) mass is 480 g/mol. The summed E-state index contributed by atoms with van der Waals surface area (Å²) in [4.78, 5) is 34.7. The number of hydrogen-bond acceptors (Lipinski definition) is 4. The molecule has 174 valence electrons. The summed E-state index contributed by atoms with van der Waals surface area (Å²) in [6, 6.07) is 22.0. The lowest BCUT2D eigenvalue weighted by atomic mass is 10.1. The van der Waals surface area contributed by atoms with Crippen molar-refractivity contribution < 1.29 is 4.79 Å². The molecule has 3 aromatic carbocycles. The van der Waals surface area contributed by atoms with Crippen molar-refractivity contribution in [3.63, 3.8) is 0 Å². The average Bonchev–Trinajstić information content (AvgIpc) is 3.24. The normalized spacial score (nSPS) is 13.2. The molecule has 0 saturated heterocycles. The molecule has 2 amide bonds. The molecule has 0 spiro atoms. The van der Waals surface area contributed by atoms with Crippen molar-refractivity contribution in [3.05, 3.63) is 105 Å². The molecule has 35 heavy (non-hydrogen) atoms. The Morgan fingerprint density at radius 1 is 1.09 bits per heavy atom. The lowest BCUT2D eigenvalue weighted by Gasteiger charge is -2.27. The molecule has 0 aliphatic carbocycles. The number of urea groups is 1. The minimum absolute atomic E-state index is 0.0114. The van der Waals surface area contributed by atoms with E-state index in [1.807, 2.05) is 72.5 Å². The molecule has 5 aromatic rings. The summed E-state index contributed by atoms with van der Waals surface area (Å²) >= 11 is 1.52. The molecule has 0 atom stereocenters. The van der Waals surface area contributed by atoms with E-state index in [0.717, 1.165) is 37.3 Å². The van der Waals surface area contributed by atoms with E-state index >= 15 is 0 Å². The highest BCUT2D eigenvalue weighted by Crippen LogP contribution is 2.33. The number of thiophene rings is 1. The first-order valence-electron chi connectivity index (χ1n) is 11.7. The topological polar surface area (TPSA) is 67.2 Å². The second-order valence-electron chi connectivity index (χ2n) is 8.98. The van der Waals surface area contributed by atoms with E-state index in [1.165, 1.54) is 16.9 Å². The quantitative estimate of drug-likeness (QED) is 0.368. The molecule has 1 N–H and O–H groups in total. The lowest BCUT2D eigenvalue weighted by Crippen LogP contribution is -2.38. The molecular weight excluding hydrogens is 456 g/mol. The van der Waals surface area contributed by atoms with Gasteiger partial charge in [0.1, 0.15) is 4.83 Å². The van der Waals surface area contributed by atoms with Crippen LogP contribution in [0.5, 0.6) is 0 Å².